The van der Waals surface area contributed by atoms with Gasteiger partial charge in [-0.2, -0.15) is 13.8 Å². The van der Waals surface area contributed by atoms with E-state index in [0.29, 0.717) is 51.3 Å². The molecule has 2 aliphatic rings. The summed E-state index contributed by atoms with van der Waals surface area (Å²) >= 11 is 0. The number of nitrogens with one attached hydrogen (secondary N) is 1. The first-order valence-electron chi connectivity index (χ1n) is 12.3. The van der Waals surface area contributed by atoms with Crippen molar-refractivity contribution in [1.29, 1.82) is 0 Å². The largest absolute Gasteiger partial charge is 0.494 e. The van der Waals surface area contributed by atoms with Gasteiger partial charge in [-0.15, -0.1) is 0 Å². The van der Waals surface area contributed by atoms with Crippen molar-refractivity contribution in [2.75, 3.05) is 32.9 Å². The van der Waals surface area contributed by atoms with Gasteiger partial charge in [0, 0.05) is 44.8 Å². The fourth-order valence-corrected chi connectivity index (χ4v) is 4.37. The van der Waals surface area contributed by atoms with Crippen LogP contribution in [0, 0.1) is 12.8 Å². The molecule has 2 heterocycles. The molecule has 3 N–H and O–H groups in total. The number of hydrogen-bond donors (Lipinski definition) is 2. The van der Waals surface area contributed by atoms with Crippen LogP contribution in [0.4, 0.5) is 8.78 Å². The number of guanidine groups is 1. The van der Waals surface area contributed by atoms with Gasteiger partial charge in [0.1, 0.15) is 5.75 Å². The predicted molar refractivity (Wildman–Crippen MR) is 129 cm³/mol. The number of benzene rings is 1. The van der Waals surface area contributed by atoms with Crippen molar-refractivity contribution < 1.29 is 27.8 Å². The first-order chi connectivity index (χ1) is 16.6. The quantitative estimate of drug-likeness (QED) is 0.326. The smallest absolute Gasteiger partial charge is 0.324 e. The SMILES string of the molecule is Cc1cc(OCCCC2CCN(C(N)=NC(=O)C(C)(F)F)CC2)ccc1C(=O)NC1CCOCC1. The Labute approximate surface area is 205 Å². The summed E-state index contributed by atoms with van der Waals surface area (Å²) in [7, 11) is 0. The van der Waals surface area contributed by atoms with E-state index >= 15 is 0 Å². The average Bonchev–Trinajstić information content (AvgIpc) is 2.82. The summed E-state index contributed by atoms with van der Waals surface area (Å²) in [4.78, 5) is 28.9. The van der Waals surface area contributed by atoms with Crippen molar-refractivity contribution in [2.24, 2.45) is 16.6 Å². The zero-order valence-corrected chi connectivity index (χ0v) is 20.5. The van der Waals surface area contributed by atoms with Crippen molar-refractivity contribution in [3.05, 3.63) is 29.3 Å². The molecule has 0 aromatic heterocycles. The number of aliphatic imine (C=N–C) groups is 1. The number of carbonyl (C=O) groups is 2. The van der Waals surface area contributed by atoms with Gasteiger partial charge in [-0.1, -0.05) is 0 Å². The highest BCUT2D eigenvalue weighted by molar-refractivity contribution is 5.96. The van der Waals surface area contributed by atoms with Crippen LogP contribution < -0.4 is 15.8 Å². The number of likely N-dealkylation sites (tertiary alicyclic amines) is 1. The molecule has 8 nitrogen and oxygen atoms in total. The fraction of sp³-hybridized carbons (Fsp3) is 0.640. The maximum absolute atomic E-state index is 13.0. The van der Waals surface area contributed by atoms with Gasteiger partial charge in [0.15, 0.2) is 5.96 Å². The molecule has 2 saturated heterocycles. The van der Waals surface area contributed by atoms with Crippen LogP contribution in [-0.2, 0) is 9.53 Å². The van der Waals surface area contributed by atoms with E-state index < -0.39 is 11.8 Å². The fourth-order valence-electron chi connectivity index (χ4n) is 4.37. The Kier molecular flexibility index (Phi) is 9.42. The lowest BCUT2D eigenvalue weighted by atomic mass is 9.92. The van der Waals surface area contributed by atoms with E-state index in [-0.39, 0.29) is 17.9 Å². The summed E-state index contributed by atoms with van der Waals surface area (Å²) in [5.41, 5.74) is 7.27. The second kappa shape index (κ2) is 12.3. The van der Waals surface area contributed by atoms with Crippen LogP contribution in [-0.4, -0.2) is 67.5 Å². The Balaban J connectivity index is 1.37. The zero-order valence-electron chi connectivity index (χ0n) is 20.5. The maximum atomic E-state index is 13.0. The molecular weight excluding hydrogens is 458 g/mol. The minimum Gasteiger partial charge on any atom is -0.494 e. The van der Waals surface area contributed by atoms with Crippen LogP contribution in [0.2, 0.25) is 0 Å². The van der Waals surface area contributed by atoms with E-state index in [1.165, 1.54) is 0 Å². The lowest BCUT2D eigenvalue weighted by molar-refractivity contribution is -0.139. The summed E-state index contributed by atoms with van der Waals surface area (Å²) in [6, 6.07) is 5.68. The van der Waals surface area contributed by atoms with Crippen molar-refractivity contribution >= 4 is 17.8 Å². The van der Waals surface area contributed by atoms with Gasteiger partial charge in [0.25, 0.3) is 5.91 Å². The molecule has 0 aliphatic carbocycles. The van der Waals surface area contributed by atoms with Crippen molar-refractivity contribution in [2.45, 2.75) is 64.3 Å². The predicted octanol–water partition coefficient (Wildman–Crippen LogP) is 3.27. The topological polar surface area (TPSA) is 106 Å². The molecule has 35 heavy (non-hydrogen) atoms. The third-order valence-corrected chi connectivity index (χ3v) is 6.55. The van der Waals surface area contributed by atoms with E-state index in [9.17, 15) is 18.4 Å². The van der Waals surface area contributed by atoms with E-state index in [1.807, 2.05) is 19.1 Å². The average molecular weight is 495 g/mol. The second-order valence-electron chi connectivity index (χ2n) is 9.42. The molecule has 0 atom stereocenters. The Morgan fingerprint density at radius 3 is 2.54 bits per heavy atom. The number of rotatable bonds is 8. The molecule has 10 heteroatoms. The normalized spacial score (nSPS) is 18.4. The molecule has 0 saturated carbocycles. The number of nitrogens with two attached hydrogens (primary N) is 1. The van der Waals surface area contributed by atoms with Gasteiger partial charge < -0.3 is 25.4 Å². The molecule has 1 aromatic carbocycles. The summed E-state index contributed by atoms with van der Waals surface area (Å²) in [5.74, 6) is -4.02. The monoisotopic (exact) mass is 494 g/mol. The Bertz CT molecular complexity index is 905. The molecule has 0 radical (unpaired) electrons. The van der Waals surface area contributed by atoms with Gasteiger partial charge >= 0.3 is 11.8 Å². The van der Waals surface area contributed by atoms with Crippen molar-refractivity contribution in [3.63, 3.8) is 0 Å². The minimum absolute atomic E-state index is 0.0641. The minimum atomic E-state index is -3.51. The molecule has 0 unspecified atom stereocenters. The third kappa shape index (κ3) is 8.16. The second-order valence-corrected chi connectivity index (χ2v) is 9.42. The van der Waals surface area contributed by atoms with Gasteiger partial charge in [-0.25, -0.2) is 0 Å². The lowest BCUT2D eigenvalue weighted by Crippen LogP contribution is -2.44. The summed E-state index contributed by atoms with van der Waals surface area (Å²) in [6.45, 7) is 5.52. The van der Waals surface area contributed by atoms with Gasteiger partial charge in [-0.05, 0) is 75.1 Å². The number of piperidine rings is 1. The summed E-state index contributed by atoms with van der Waals surface area (Å²) < 4.78 is 37.2. The first-order valence-corrected chi connectivity index (χ1v) is 12.3. The molecule has 1 aromatic rings. The van der Waals surface area contributed by atoms with Crippen LogP contribution >= 0.6 is 0 Å². The molecule has 194 valence electrons. The number of aryl methyl sites for hydroxylation is 1. The first kappa shape index (κ1) is 26.8. The lowest BCUT2D eigenvalue weighted by Gasteiger charge is -2.32. The van der Waals surface area contributed by atoms with Crippen molar-refractivity contribution in [3.8, 4) is 5.75 Å². The van der Waals surface area contributed by atoms with Crippen LogP contribution in [0.3, 0.4) is 0 Å². The number of nitrogens with zero attached hydrogens (tertiary/aromatic N) is 2. The zero-order chi connectivity index (χ0) is 25.4. The van der Waals surface area contributed by atoms with E-state index in [0.717, 1.165) is 49.8 Å². The highest BCUT2D eigenvalue weighted by atomic mass is 19.3. The third-order valence-electron chi connectivity index (χ3n) is 6.55. The molecule has 2 fully saturated rings. The maximum Gasteiger partial charge on any atom is 0.324 e. The Morgan fingerprint density at radius 1 is 1.23 bits per heavy atom. The number of halogens is 2. The molecule has 3 rings (SSSR count). The highest BCUT2D eigenvalue weighted by Gasteiger charge is 2.33. The molecule has 0 spiro atoms. The van der Waals surface area contributed by atoms with Gasteiger partial charge in [0.05, 0.1) is 6.61 Å². The molecule has 2 aliphatic heterocycles. The van der Waals surface area contributed by atoms with Crippen molar-refractivity contribution in [1.82, 2.24) is 10.2 Å². The van der Waals surface area contributed by atoms with Crippen LogP contribution in [0.5, 0.6) is 5.75 Å². The summed E-state index contributed by atoms with van der Waals surface area (Å²) in [6.07, 6.45) is 5.22. The van der Waals surface area contributed by atoms with Crippen LogP contribution in [0.15, 0.2) is 23.2 Å². The van der Waals surface area contributed by atoms with E-state index in [2.05, 4.69) is 10.3 Å². The molecular formula is C25H36F2N4O4. The van der Waals surface area contributed by atoms with Gasteiger partial charge in [0.2, 0.25) is 0 Å². The highest BCUT2D eigenvalue weighted by Crippen LogP contribution is 2.23. The van der Waals surface area contributed by atoms with E-state index in [1.54, 1.807) is 11.0 Å². The Hall–Kier alpha value is -2.75. The van der Waals surface area contributed by atoms with Crippen LogP contribution in [0.25, 0.3) is 0 Å². The number of amides is 2. The number of carbonyl (C=O) groups excluding carboxylic acids is 2. The number of hydrogen-bond acceptors (Lipinski definition) is 4. The number of alkyl halides is 2. The summed E-state index contributed by atoms with van der Waals surface area (Å²) in [5, 5.41) is 3.08. The van der Waals surface area contributed by atoms with Crippen LogP contribution in [0.1, 0.15) is 61.4 Å². The van der Waals surface area contributed by atoms with Gasteiger partial charge in [-0.3, -0.25) is 9.59 Å². The number of ether oxygens (including phenoxy) is 2. The Morgan fingerprint density at radius 2 is 1.91 bits per heavy atom. The molecule has 2 amide bonds. The van der Waals surface area contributed by atoms with E-state index in [4.69, 9.17) is 15.2 Å². The standard InChI is InChI=1S/C25H36F2N4O4/c1-17-16-20(5-6-21(17)22(32)29-19-9-14-34-15-10-19)35-13-3-4-18-7-11-31(12-8-18)24(28)30-23(33)25(2,26)27/h5-6,16,18-19H,3-4,7-15H2,1-2H3,(H,29,32)(H2,28,30,33). The molecule has 0 bridgehead atoms.